The SMILES string of the molecule is Cc1cccnc1CN=C(N)NCCCN1CCOCC1.I. The number of nitrogens with zero attached hydrogens (tertiary/aromatic N) is 3. The van der Waals surface area contributed by atoms with Crippen LogP contribution in [0.5, 0.6) is 0 Å². The zero-order chi connectivity index (χ0) is 14.9. The van der Waals surface area contributed by atoms with E-state index in [1.807, 2.05) is 19.1 Å². The van der Waals surface area contributed by atoms with E-state index >= 15 is 0 Å². The lowest BCUT2D eigenvalue weighted by Crippen LogP contribution is -2.39. The number of hydrogen-bond acceptors (Lipinski definition) is 4. The van der Waals surface area contributed by atoms with Crippen LogP contribution in [0.3, 0.4) is 0 Å². The summed E-state index contributed by atoms with van der Waals surface area (Å²) < 4.78 is 5.33. The first-order valence-corrected chi connectivity index (χ1v) is 7.50. The Morgan fingerprint density at radius 3 is 2.95 bits per heavy atom. The van der Waals surface area contributed by atoms with Crippen LogP contribution < -0.4 is 11.1 Å². The second-order valence-corrected chi connectivity index (χ2v) is 5.20. The van der Waals surface area contributed by atoms with Gasteiger partial charge in [0.05, 0.1) is 25.5 Å². The van der Waals surface area contributed by atoms with Crippen LogP contribution in [0.4, 0.5) is 0 Å². The Morgan fingerprint density at radius 2 is 2.23 bits per heavy atom. The van der Waals surface area contributed by atoms with Crippen LogP contribution in [0.2, 0.25) is 0 Å². The van der Waals surface area contributed by atoms with Crippen molar-refractivity contribution >= 4 is 29.9 Å². The number of hydrogen-bond donors (Lipinski definition) is 2. The summed E-state index contributed by atoms with van der Waals surface area (Å²) in [6, 6.07) is 3.96. The summed E-state index contributed by atoms with van der Waals surface area (Å²) in [4.78, 5) is 11.0. The Hall–Kier alpha value is -0.930. The average molecular weight is 419 g/mol. The van der Waals surface area contributed by atoms with Crippen molar-refractivity contribution < 1.29 is 4.74 Å². The molecule has 0 bridgehead atoms. The predicted octanol–water partition coefficient (Wildman–Crippen LogP) is 1.13. The number of aromatic nitrogens is 1. The lowest BCUT2D eigenvalue weighted by atomic mass is 10.2. The van der Waals surface area contributed by atoms with Gasteiger partial charge in [0.25, 0.3) is 0 Å². The van der Waals surface area contributed by atoms with Crippen molar-refractivity contribution in [2.75, 3.05) is 39.4 Å². The molecule has 1 aromatic rings. The minimum absolute atomic E-state index is 0. The fourth-order valence-corrected chi connectivity index (χ4v) is 2.24. The van der Waals surface area contributed by atoms with Gasteiger partial charge in [-0.1, -0.05) is 6.07 Å². The number of pyridine rings is 1. The molecule has 0 unspecified atom stereocenters. The summed E-state index contributed by atoms with van der Waals surface area (Å²) in [5.74, 6) is 0.488. The number of aliphatic imine (C=N–C) groups is 1. The third-order valence-corrected chi connectivity index (χ3v) is 3.58. The Labute approximate surface area is 149 Å². The molecule has 0 aliphatic carbocycles. The number of ether oxygens (including phenoxy) is 1. The highest BCUT2D eigenvalue weighted by Crippen LogP contribution is 2.04. The van der Waals surface area contributed by atoms with Gasteiger partial charge < -0.3 is 15.8 Å². The lowest BCUT2D eigenvalue weighted by Gasteiger charge is -2.26. The van der Waals surface area contributed by atoms with E-state index in [1.165, 1.54) is 0 Å². The van der Waals surface area contributed by atoms with E-state index in [0.29, 0.717) is 12.5 Å². The summed E-state index contributed by atoms with van der Waals surface area (Å²) >= 11 is 0. The van der Waals surface area contributed by atoms with E-state index in [0.717, 1.165) is 57.1 Å². The third kappa shape index (κ3) is 6.89. The van der Waals surface area contributed by atoms with Crippen molar-refractivity contribution in [3.8, 4) is 0 Å². The van der Waals surface area contributed by atoms with E-state index < -0.39 is 0 Å². The molecular formula is C15H26IN5O. The summed E-state index contributed by atoms with van der Waals surface area (Å²) in [6.45, 7) is 8.22. The van der Waals surface area contributed by atoms with Crippen molar-refractivity contribution in [3.63, 3.8) is 0 Å². The number of rotatable bonds is 6. The molecule has 0 spiro atoms. The molecule has 7 heteroatoms. The standard InChI is InChI=1S/C15H25N5O.HI/c1-13-4-2-5-17-14(13)12-19-15(16)18-6-3-7-20-8-10-21-11-9-20;/h2,4-5H,3,6-12H2,1H3,(H3,16,18,19);1H. The van der Waals surface area contributed by atoms with Gasteiger partial charge in [0.15, 0.2) is 5.96 Å². The van der Waals surface area contributed by atoms with E-state index in [1.54, 1.807) is 6.20 Å². The Morgan fingerprint density at radius 1 is 1.45 bits per heavy atom. The second kappa shape index (κ2) is 10.7. The first-order chi connectivity index (χ1) is 10.3. The molecule has 1 fully saturated rings. The number of halogens is 1. The summed E-state index contributed by atoms with van der Waals surface area (Å²) in [6.07, 6.45) is 2.84. The summed E-state index contributed by atoms with van der Waals surface area (Å²) in [5, 5.41) is 3.15. The highest BCUT2D eigenvalue weighted by Gasteiger charge is 2.08. The first-order valence-electron chi connectivity index (χ1n) is 7.50. The molecule has 6 nitrogen and oxygen atoms in total. The Kier molecular flexibility index (Phi) is 9.33. The van der Waals surface area contributed by atoms with Gasteiger partial charge in [-0.15, -0.1) is 24.0 Å². The van der Waals surface area contributed by atoms with Gasteiger partial charge in [-0.3, -0.25) is 9.88 Å². The molecular weight excluding hydrogens is 393 g/mol. The molecule has 124 valence electrons. The summed E-state index contributed by atoms with van der Waals surface area (Å²) in [7, 11) is 0. The van der Waals surface area contributed by atoms with Crippen LogP contribution >= 0.6 is 24.0 Å². The topological polar surface area (TPSA) is 75.8 Å². The second-order valence-electron chi connectivity index (χ2n) is 5.20. The van der Waals surface area contributed by atoms with E-state index in [2.05, 4.69) is 20.2 Å². The Bertz CT molecular complexity index is 463. The maximum absolute atomic E-state index is 5.87. The van der Waals surface area contributed by atoms with Crippen LogP contribution in [0, 0.1) is 6.92 Å². The maximum atomic E-state index is 5.87. The van der Waals surface area contributed by atoms with Gasteiger partial charge in [0, 0.05) is 25.8 Å². The maximum Gasteiger partial charge on any atom is 0.188 e. The van der Waals surface area contributed by atoms with Crippen LogP contribution in [0.1, 0.15) is 17.7 Å². The number of nitrogens with one attached hydrogen (secondary N) is 1. The highest BCUT2D eigenvalue weighted by molar-refractivity contribution is 14.0. The quantitative estimate of drug-likeness (QED) is 0.313. The highest BCUT2D eigenvalue weighted by atomic mass is 127. The molecule has 0 saturated carbocycles. The van der Waals surface area contributed by atoms with Crippen LogP contribution in [0.25, 0.3) is 0 Å². The molecule has 2 heterocycles. The molecule has 1 saturated heterocycles. The zero-order valence-electron chi connectivity index (χ0n) is 13.1. The van der Waals surface area contributed by atoms with Gasteiger partial charge in [0.2, 0.25) is 0 Å². The minimum atomic E-state index is 0. The van der Waals surface area contributed by atoms with Gasteiger partial charge >= 0.3 is 0 Å². The van der Waals surface area contributed by atoms with Crippen LogP contribution in [0.15, 0.2) is 23.3 Å². The van der Waals surface area contributed by atoms with Crippen molar-refractivity contribution in [2.24, 2.45) is 10.7 Å². The van der Waals surface area contributed by atoms with Crippen LogP contribution in [-0.4, -0.2) is 55.2 Å². The van der Waals surface area contributed by atoms with Gasteiger partial charge in [0.1, 0.15) is 0 Å². The molecule has 1 aliphatic rings. The smallest absolute Gasteiger partial charge is 0.188 e. The predicted molar refractivity (Wildman–Crippen MR) is 99.6 cm³/mol. The molecule has 1 aliphatic heterocycles. The van der Waals surface area contributed by atoms with E-state index in [4.69, 9.17) is 10.5 Å². The number of morpholine rings is 1. The van der Waals surface area contributed by atoms with Crippen molar-refractivity contribution in [1.82, 2.24) is 15.2 Å². The molecule has 3 N–H and O–H groups in total. The molecule has 0 amide bonds. The molecule has 2 rings (SSSR count). The van der Waals surface area contributed by atoms with Crippen molar-refractivity contribution in [3.05, 3.63) is 29.6 Å². The van der Waals surface area contributed by atoms with Gasteiger partial charge in [-0.2, -0.15) is 0 Å². The summed E-state index contributed by atoms with van der Waals surface area (Å²) in [5.41, 5.74) is 7.98. The average Bonchev–Trinajstić information content (AvgIpc) is 2.52. The van der Waals surface area contributed by atoms with E-state index in [-0.39, 0.29) is 24.0 Å². The molecule has 0 radical (unpaired) electrons. The number of aryl methyl sites for hydroxylation is 1. The first kappa shape index (κ1) is 19.1. The largest absolute Gasteiger partial charge is 0.379 e. The Balaban J connectivity index is 0.00000242. The van der Waals surface area contributed by atoms with E-state index in [9.17, 15) is 0 Å². The fraction of sp³-hybridized carbons (Fsp3) is 0.600. The molecule has 22 heavy (non-hydrogen) atoms. The number of nitrogens with two attached hydrogens (primary N) is 1. The van der Waals surface area contributed by atoms with Crippen molar-refractivity contribution in [1.29, 1.82) is 0 Å². The van der Waals surface area contributed by atoms with Crippen LogP contribution in [-0.2, 0) is 11.3 Å². The fourth-order valence-electron chi connectivity index (χ4n) is 2.24. The van der Waals surface area contributed by atoms with Gasteiger partial charge in [-0.25, -0.2) is 4.99 Å². The zero-order valence-corrected chi connectivity index (χ0v) is 15.5. The molecule has 1 aromatic heterocycles. The molecule has 0 aromatic carbocycles. The monoisotopic (exact) mass is 419 g/mol. The van der Waals surface area contributed by atoms with Crippen molar-refractivity contribution in [2.45, 2.75) is 19.9 Å². The lowest BCUT2D eigenvalue weighted by molar-refractivity contribution is 0.0376. The number of guanidine groups is 1. The molecule has 0 atom stereocenters. The van der Waals surface area contributed by atoms with Gasteiger partial charge in [-0.05, 0) is 31.5 Å². The third-order valence-electron chi connectivity index (χ3n) is 3.58. The minimum Gasteiger partial charge on any atom is -0.379 e. The normalized spacial score (nSPS) is 16.1.